The zero-order valence-electron chi connectivity index (χ0n) is 15.2. The molecule has 1 atom stereocenters. The van der Waals surface area contributed by atoms with Crippen LogP contribution in [0.5, 0.6) is 0 Å². The van der Waals surface area contributed by atoms with E-state index in [1.165, 1.54) is 6.07 Å². The molecular weight excluding hydrogens is 364 g/mol. The highest BCUT2D eigenvalue weighted by Gasteiger charge is 2.17. The van der Waals surface area contributed by atoms with E-state index >= 15 is 0 Å². The zero-order valence-corrected chi connectivity index (χ0v) is 15.2. The molecule has 28 heavy (non-hydrogen) atoms. The molecule has 0 saturated heterocycles. The number of aliphatic hydroxyl groups is 1. The van der Waals surface area contributed by atoms with Crippen LogP contribution in [0, 0.1) is 11.6 Å². The van der Waals surface area contributed by atoms with Gasteiger partial charge in [-0.2, -0.15) is 5.10 Å². The summed E-state index contributed by atoms with van der Waals surface area (Å²) in [4.78, 5) is 0. The average Bonchev–Trinajstić information content (AvgIpc) is 3.24. The second-order valence-corrected chi connectivity index (χ2v) is 6.64. The second-order valence-electron chi connectivity index (χ2n) is 6.64. The van der Waals surface area contributed by atoms with Gasteiger partial charge in [0.25, 0.3) is 0 Å². The Balaban J connectivity index is 1.48. The van der Waals surface area contributed by atoms with E-state index in [4.69, 9.17) is 4.42 Å². The number of aryl methyl sites for hydroxylation is 1. The van der Waals surface area contributed by atoms with E-state index in [9.17, 15) is 13.9 Å². The molecule has 0 unspecified atom stereocenters. The number of benzene rings is 2. The number of nitrogens with zero attached hydrogens (tertiary/aromatic N) is 2. The summed E-state index contributed by atoms with van der Waals surface area (Å²) in [6.07, 6.45) is 0.771. The fourth-order valence-electron chi connectivity index (χ4n) is 3.20. The Morgan fingerprint density at radius 1 is 1.18 bits per heavy atom. The first kappa shape index (κ1) is 18.3. The summed E-state index contributed by atoms with van der Waals surface area (Å²) in [6.45, 7) is 0.511. The van der Waals surface area contributed by atoms with Crippen LogP contribution < -0.4 is 5.32 Å². The van der Waals surface area contributed by atoms with Crippen molar-refractivity contribution in [2.75, 3.05) is 6.54 Å². The molecule has 0 fully saturated rings. The summed E-state index contributed by atoms with van der Waals surface area (Å²) in [6, 6.07) is 12.8. The number of hydrogen-bond donors (Lipinski definition) is 2. The Bertz CT molecular complexity index is 1090. The Morgan fingerprint density at radius 2 is 2.00 bits per heavy atom. The number of fused-ring (bicyclic) bond motifs is 1. The van der Waals surface area contributed by atoms with Crippen molar-refractivity contribution in [3.63, 3.8) is 0 Å². The lowest BCUT2D eigenvalue weighted by Crippen LogP contribution is -2.21. The van der Waals surface area contributed by atoms with Gasteiger partial charge in [-0.15, -0.1) is 0 Å². The standard InChI is InChI=1S/C21H19F2N3O2/c1-26-12-14(10-24-11-18(27)16-7-6-15(22)9-17(16)23)21(25-26)20-8-13-4-2-3-5-19(13)28-20/h2-9,12,18,24,27H,10-11H2,1H3/t18-/m0/s1. The molecule has 0 amide bonds. The number of aliphatic hydroxyl groups excluding tert-OH is 1. The van der Waals surface area contributed by atoms with Gasteiger partial charge in [-0.3, -0.25) is 4.68 Å². The van der Waals surface area contributed by atoms with Gasteiger partial charge in [0, 0.05) is 48.9 Å². The molecule has 144 valence electrons. The molecule has 2 N–H and O–H groups in total. The summed E-state index contributed by atoms with van der Waals surface area (Å²) in [5.41, 5.74) is 2.42. The van der Waals surface area contributed by atoms with Crippen LogP contribution in [0.4, 0.5) is 8.78 Å². The minimum atomic E-state index is -1.09. The lowest BCUT2D eigenvalue weighted by molar-refractivity contribution is 0.169. The number of furan rings is 1. The lowest BCUT2D eigenvalue weighted by Gasteiger charge is -2.13. The Hall–Kier alpha value is -3.03. The lowest BCUT2D eigenvalue weighted by atomic mass is 10.1. The van der Waals surface area contributed by atoms with E-state index in [2.05, 4.69) is 10.4 Å². The average molecular weight is 383 g/mol. The molecule has 2 aromatic carbocycles. The predicted molar refractivity (Wildman–Crippen MR) is 101 cm³/mol. The highest BCUT2D eigenvalue weighted by atomic mass is 19.1. The maximum atomic E-state index is 13.8. The van der Waals surface area contributed by atoms with Crippen LogP contribution in [-0.4, -0.2) is 21.4 Å². The van der Waals surface area contributed by atoms with Crippen molar-refractivity contribution < 1.29 is 18.3 Å². The summed E-state index contributed by atoms with van der Waals surface area (Å²) in [5.74, 6) is -0.783. The molecule has 4 aromatic rings. The van der Waals surface area contributed by atoms with E-state index in [1.54, 1.807) is 4.68 Å². The number of halogens is 2. The zero-order chi connectivity index (χ0) is 19.7. The van der Waals surface area contributed by atoms with Crippen LogP contribution >= 0.6 is 0 Å². The molecule has 0 aliphatic rings. The predicted octanol–water partition coefficient (Wildman–Crippen LogP) is 3.93. The fourth-order valence-corrected chi connectivity index (χ4v) is 3.20. The van der Waals surface area contributed by atoms with Crippen LogP contribution in [0.25, 0.3) is 22.4 Å². The maximum Gasteiger partial charge on any atom is 0.156 e. The van der Waals surface area contributed by atoms with E-state index in [1.807, 2.05) is 43.6 Å². The van der Waals surface area contributed by atoms with E-state index in [0.29, 0.717) is 18.0 Å². The van der Waals surface area contributed by atoms with Gasteiger partial charge in [-0.1, -0.05) is 24.3 Å². The van der Waals surface area contributed by atoms with Crippen molar-refractivity contribution in [2.24, 2.45) is 7.05 Å². The van der Waals surface area contributed by atoms with Crippen LogP contribution in [0.1, 0.15) is 17.2 Å². The summed E-state index contributed by atoms with van der Waals surface area (Å²) in [5, 5.41) is 18.8. The van der Waals surface area contributed by atoms with Gasteiger partial charge >= 0.3 is 0 Å². The maximum absolute atomic E-state index is 13.8. The molecule has 7 heteroatoms. The van der Waals surface area contributed by atoms with Gasteiger partial charge < -0.3 is 14.8 Å². The molecule has 0 radical (unpaired) electrons. The quantitative estimate of drug-likeness (QED) is 0.530. The molecule has 0 aliphatic carbocycles. The molecular formula is C21H19F2N3O2. The molecule has 0 bridgehead atoms. The van der Waals surface area contributed by atoms with Crippen LogP contribution in [0.2, 0.25) is 0 Å². The van der Waals surface area contributed by atoms with E-state index < -0.39 is 17.7 Å². The number of rotatable bonds is 6. The first-order valence-corrected chi connectivity index (χ1v) is 8.86. The van der Waals surface area contributed by atoms with Crippen LogP contribution in [0.3, 0.4) is 0 Å². The van der Waals surface area contributed by atoms with Gasteiger partial charge in [-0.05, 0) is 18.2 Å². The number of nitrogens with one attached hydrogen (secondary N) is 1. The third kappa shape index (κ3) is 3.67. The Labute approximate surface area is 160 Å². The Morgan fingerprint density at radius 3 is 2.79 bits per heavy atom. The normalized spacial score (nSPS) is 12.6. The van der Waals surface area contributed by atoms with Crippen molar-refractivity contribution in [1.82, 2.24) is 15.1 Å². The summed E-state index contributed by atoms with van der Waals surface area (Å²) >= 11 is 0. The topological polar surface area (TPSA) is 63.2 Å². The van der Waals surface area contributed by atoms with Crippen molar-refractivity contribution >= 4 is 11.0 Å². The van der Waals surface area contributed by atoms with Crippen molar-refractivity contribution in [3.8, 4) is 11.5 Å². The molecule has 0 saturated carbocycles. The van der Waals surface area contributed by atoms with Crippen LogP contribution in [-0.2, 0) is 13.6 Å². The Kier molecular flexibility index (Phi) is 4.93. The molecule has 0 spiro atoms. The SMILES string of the molecule is Cn1cc(CNC[C@H](O)c2ccc(F)cc2F)c(-c2cc3ccccc3o2)n1. The molecule has 4 rings (SSSR count). The summed E-state index contributed by atoms with van der Waals surface area (Å²) < 4.78 is 34.4. The minimum Gasteiger partial charge on any atom is -0.454 e. The van der Waals surface area contributed by atoms with Gasteiger partial charge in [0.2, 0.25) is 0 Å². The highest BCUT2D eigenvalue weighted by Crippen LogP contribution is 2.29. The van der Waals surface area contributed by atoms with Gasteiger partial charge in [0.15, 0.2) is 5.76 Å². The van der Waals surface area contributed by atoms with Crippen molar-refractivity contribution in [3.05, 3.63) is 77.5 Å². The van der Waals surface area contributed by atoms with E-state index in [-0.39, 0.29) is 12.1 Å². The van der Waals surface area contributed by atoms with Gasteiger partial charge in [-0.25, -0.2) is 8.78 Å². The largest absolute Gasteiger partial charge is 0.454 e. The van der Waals surface area contributed by atoms with Crippen molar-refractivity contribution in [2.45, 2.75) is 12.6 Å². The number of para-hydroxylation sites is 1. The van der Waals surface area contributed by atoms with Gasteiger partial charge in [0.05, 0.1) is 6.10 Å². The molecule has 2 aromatic heterocycles. The molecule has 5 nitrogen and oxygen atoms in total. The van der Waals surface area contributed by atoms with Crippen LogP contribution in [0.15, 0.2) is 59.1 Å². The first-order chi connectivity index (χ1) is 13.5. The van der Waals surface area contributed by atoms with E-state index in [0.717, 1.165) is 28.7 Å². The third-order valence-electron chi connectivity index (χ3n) is 4.54. The second kappa shape index (κ2) is 7.53. The molecule has 0 aliphatic heterocycles. The number of aromatic nitrogens is 2. The first-order valence-electron chi connectivity index (χ1n) is 8.86. The smallest absolute Gasteiger partial charge is 0.156 e. The molecule has 2 heterocycles. The highest BCUT2D eigenvalue weighted by molar-refractivity contribution is 5.82. The monoisotopic (exact) mass is 383 g/mol. The summed E-state index contributed by atoms with van der Waals surface area (Å²) in [7, 11) is 1.82. The number of hydrogen-bond acceptors (Lipinski definition) is 4. The minimum absolute atomic E-state index is 0.0533. The van der Waals surface area contributed by atoms with Crippen molar-refractivity contribution in [1.29, 1.82) is 0 Å². The fraction of sp³-hybridized carbons (Fsp3) is 0.190. The van der Waals surface area contributed by atoms with Gasteiger partial charge in [0.1, 0.15) is 22.9 Å². The third-order valence-corrected chi connectivity index (χ3v) is 4.54.